The number of pyridine rings is 1. The molecular formula is C19H19FN2O5. The number of carbonyl (C=O) groups is 2. The molecular weight excluding hydrogens is 355 g/mol. The van der Waals surface area contributed by atoms with Crippen molar-refractivity contribution in [2.24, 2.45) is 7.05 Å². The first-order valence-electron chi connectivity index (χ1n) is 8.38. The first kappa shape index (κ1) is 18.6. The summed E-state index contributed by atoms with van der Waals surface area (Å²) in [5, 5.41) is 0. The van der Waals surface area contributed by atoms with Gasteiger partial charge in [0.15, 0.2) is 11.6 Å². The largest absolute Gasteiger partial charge is 0.485 e. The SMILES string of the molecule is COC(=O)[C@H]1C[C@@H](Oc2ccccc2F)CN1C(=O)c1cccn(C)c1=O. The van der Waals surface area contributed by atoms with Crippen molar-refractivity contribution in [2.75, 3.05) is 13.7 Å². The topological polar surface area (TPSA) is 77.8 Å². The molecule has 0 unspecified atom stereocenters. The van der Waals surface area contributed by atoms with Gasteiger partial charge in [0.1, 0.15) is 17.7 Å². The Bertz CT molecular complexity index is 926. The quantitative estimate of drug-likeness (QED) is 0.755. The molecule has 8 heteroatoms. The van der Waals surface area contributed by atoms with E-state index >= 15 is 0 Å². The summed E-state index contributed by atoms with van der Waals surface area (Å²) in [5.41, 5.74) is -0.523. The molecule has 0 radical (unpaired) electrons. The fourth-order valence-corrected chi connectivity index (χ4v) is 3.10. The fourth-order valence-electron chi connectivity index (χ4n) is 3.10. The van der Waals surface area contributed by atoms with Crippen LogP contribution in [0.15, 0.2) is 47.4 Å². The van der Waals surface area contributed by atoms with Gasteiger partial charge in [-0.15, -0.1) is 0 Å². The number of aryl methyl sites for hydroxylation is 1. The summed E-state index contributed by atoms with van der Waals surface area (Å²) in [6.45, 7) is 0.0327. The lowest BCUT2D eigenvalue weighted by Crippen LogP contribution is -2.43. The number of halogens is 1. The minimum Gasteiger partial charge on any atom is -0.485 e. The molecule has 2 heterocycles. The van der Waals surface area contributed by atoms with Crippen LogP contribution >= 0.6 is 0 Å². The van der Waals surface area contributed by atoms with E-state index < -0.39 is 35.4 Å². The summed E-state index contributed by atoms with van der Waals surface area (Å²) in [5.74, 6) is -1.70. The van der Waals surface area contributed by atoms with Crippen molar-refractivity contribution in [3.63, 3.8) is 0 Å². The lowest BCUT2D eigenvalue weighted by molar-refractivity contribution is -0.145. The molecule has 0 bridgehead atoms. The third-order valence-electron chi connectivity index (χ3n) is 4.48. The van der Waals surface area contributed by atoms with Crippen molar-refractivity contribution < 1.29 is 23.5 Å². The Labute approximate surface area is 154 Å². The van der Waals surface area contributed by atoms with Gasteiger partial charge in [0.25, 0.3) is 11.5 Å². The Morgan fingerprint density at radius 1 is 1.19 bits per heavy atom. The molecule has 0 aliphatic carbocycles. The van der Waals surface area contributed by atoms with E-state index in [4.69, 9.17) is 9.47 Å². The maximum atomic E-state index is 13.8. The molecule has 1 aliphatic rings. The Kier molecular flexibility index (Phi) is 5.25. The van der Waals surface area contributed by atoms with Crippen LogP contribution in [0.25, 0.3) is 0 Å². The third-order valence-corrected chi connectivity index (χ3v) is 4.48. The van der Waals surface area contributed by atoms with E-state index in [2.05, 4.69) is 0 Å². The molecule has 1 fully saturated rings. The number of aromatic nitrogens is 1. The number of hydrogen-bond acceptors (Lipinski definition) is 5. The summed E-state index contributed by atoms with van der Waals surface area (Å²) in [4.78, 5) is 38.5. The smallest absolute Gasteiger partial charge is 0.328 e. The van der Waals surface area contributed by atoms with E-state index in [0.29, 0.717) is 0 Å². The van der Waals surface area contributed by atoms with E-state index in [1.165, 1.54) is 54.1 Å². The summed E-state index contributed by atoms with van der Waals surface area (Å²) < 4.78 is 25.5. The summed E-state index contributed by atoms with van der Waals surface area (Å²) in [6.07, 6.45) is 1.06. The second kappa shape index (κ2) is 7.61. The predicted molar refractivity (Wildman–Crippen MR) is 94.0 cm³/mol. The number of ether oxygens (including phenoxy) is 2. The molecule has 1 aromatic carbocycles. The molecule has 0 N–H and O–H groups in total. The number of hydrogen-bond donors (Lipinski definition) is 0. The molecule has 2 atom stereocenters. The second-order valence-corrected chi connectivity index (χ2v) is 6.24. The number of amides is 1. The third kappa shape index (κ3) is 3.69. The average Bonchev–Trinajstić information content (AvgIpc) is 3.08. The minimum atomic E-state index is -0.913. The summed E-state index contributed by atoms with van der Waals surface area (Å²) >= 11 is 0. The van der Waals surface area contributed by atoms with Crippen LogP contribution in [0.4, 0.5) is 4.39 Å². The Morgan fingerprint density at radius 3 is 2.63 bits per heavy atom. The molecule has 1 aromatic heterocycles. The van der Waals surface area contributed by atoms with E-state index in [0.717, 1.165) is 0 Å². The highest BCUT2D eigenvalue weighted by molar-refractivity contribution is 5.97. The lowest BCUT2D eigenvalue weighted by Gasteiger charge is -2.22. The normalized spacial score (nSPS) is 19.0. The van der Waals surface area contributed by atoms with Crippen LogP contribution in [-0.4, -0.2) is 47.1 Å². The lowest BCUT2D eigenvalue weighted by atomic mass is 10.2. The number of carbonyl (C=O) groups excluding carboxylic acids is 2. The number of nitrogens with zero attached hydrogens (tertiary/aromatic N) is 2. The number of esters is 1. The van der Waals surface area contributed by atoms with Crippen LogP contribution in [0.1, 0.15) is 16.8 Å². The number of rotatable bonds is 4. The maximum Gasteiger partial charge on any atom is 0.328 e. The van der Waals surface area contributed by atoms with Crippen LogP contribution in [0.5, 0.6) is 5.75 Å². The van der Waals surface area contributed by atoms with Gasteiger partial charge in [-0.2, -0.15) is 0 Å². The molecule has 0 saturated carbocycles. The molecule has 27 heavy (non-hydrogen) atoms. The standard InChI is InChI=1S/C19H19FN2O5/c1-21-9-5-6-13(17(21)23)18(24)22-11-12(10-15(22)19(25)26-2)27-16-8-4-3-7-14(16)20/h3-9,12,15H,10-11H2,1-2H3/t12-,15-/m1/s1. The van der Waals surface area contributed by atoms with Crippen LogP contribution < -0.4 is 10.3 Å². The minimum absolute atomic E-state index is 0.0327. The number of benzene rings is 1. The number of methoxy groups -OCH3 is 1. The van der Waals surface area contributed by atoms with Crippen LogP contribution in [0, 0.1) is 5.82 Å². The Hall–Kier alpha value is -3.16. The van der Waals surface area contributed by atoms with E-state index in [1.807, 2.05) is 0 Å². The molecule has 7 nitrogen and oxygen atoms in total. The molecule has 1 saturated heterocycles. The molecule has 1 amide bonds. The van der Waals surface area contributed by atoms with E-state index in [-0.39, 0.29) is 24.3 Å². The van der Waals surface area contributed by atoms with Crippen molar-refractivity contribution in [2.45, 2.75) is 18.6 Å². The molecule has 142 valence electrons. The first-order chi connectivity index (χ1) is 12.9. The van der Waals surface area contributed by atoms with Crippen molar-refractivity contribution in [3.05, 3.63) is 64.3 Å². The highest BCUT2D eigenvalue weighted by Crippen LogP contribution is 2.26. The van der Waals surface area contributed by atoms with Crippen molar-refractivity contribution in [1.29, 1.82) is 0 Å². The van der Waals surface area contributed by atoms with Gasteiger partial charge in [-0.25, -0.2) is 9.18 Å². The first-order valence-corrected chi connectivity index (χ1v) is 8.38. The predicted octanol–water partition coefficient (Wildman–Crippen LogP) is 1.36. The number of para-hydroxylation sites is 1. The zero-order chi connectivity index (χ0) is 19.6. The van der Waals surface area contributed by atoms with Crippen molar-refractivity contribution >= 4 is 11.9 Å². The van der Waals surface area contributed by atoms with Gasteiger partial charge in [0.05, 0.1) is 13.7 Å². The molecule has 3 rings (SSSR count). The second-order valence-electron chi connectivity index (χ2n) is 6.24. The van der Waals surface area contributed by atoms with Gasteiger partial charge in [-0.1, -0.05) is 12.1 Å². The molecule has 2 aromatic rings. The van der Waals surface area contributed by atoms with E-state index in [1.54, 1.807) is 12.1 Å². The van der Waals surface area contributed by atoms with Crippen molar-refractivity contribution in [3.8, 4) is 5.75 Å². The Morgan fingerprint density at radius 2 is 1.93 bits per heavy atom. The van der Waals surface area contributed by atoms with Gasteiger partial charge in [0.2, 0.25) is 0 Å². The summed E-state index contributed by atoms with van der Waals surface area (Å²) in [6, 6.07) is 7.97. The highest BCUT2D eigenvalue weighted by Gasteiger charge is 2.42. The van der Waals surface area contributed by atoms with E-state index in [9.17, 15) is 18.8 Å². The molecule has 1 aliphatic heterocycles. The zero-order valence-electron chi connectivity index (χ0n) is 14.9. The average molecular weight is 374 g/mol. The van der Waals surface area contributed by atoms with Gasteiger partial charge in [-0.3, -0.25) is 9.59 Å². The van der Waals surface area contributed by atoms with Crippen molar-refractivity contribution in [1.82, 2.24) is 9.47 Å². The highest BCUT2D eigenvalue weighted by atomic mass is 19.1. The van der Waals surface area contributed by atoms with Gasteiger partial charge in [0, 0.05) is 19.7 Å². The van der Waals surface area contributed by atoms with Crippen LogP contribution in [0.2, 0.25) is 0 Å². The van der Waals surface area contributed by atoms with Gasteiger partial charge >= 0.3 is 5.97 Å². The van der Waals surface area contributed by atoms with Gasteiger partial charge in [-0.05, 0) is 24.3 Å². The number of likely N-dealkylation sites (tertiary alicyclic amines) is 1. The monoisotopic (exact) mass is 374 g/mol. The van der Waals surface area contributed by atoms with Gasteiger partial charge < -0.3 is 18.9 Å². The fraction of sp³-hybridized carbons (Fsp3) is 0.316. The molecule has 0 spiro atoms. The Balaban J connectivity index is 1.87. The maximum absolute atomic E-state index is 13.8. The zero-order valence-corrected chi connectivity index (χ0v) is 14.9. The van der Waals surface area contributed by atoms with Crippen LogP contribution in [0.3, 0.4) is 0 Å². The summed E-state index contributed by atoms with van der Waals surface area (Å²) in [7, 11) is 2.75. The van der Waals surface area contributed by atoms with Crippen LogP contribution in [-0.2, 0) is 16.6 Å².